The Bertz CT molecular complexity index is 1000. The van der Waals surface area contributed by atoms with E-state index in [9.17, 15) is 13.2 Å². The molecule has 2 aromatic rings. The second-order valence-corrected chi connectivity index (χ2v) is 10.5. The molecule has 6 nitrogen and oxygen atoms in total. The van der Waals surface area contributed by atoms with Crippen LogP contribution in [0.5, 0.6) is 5.75 Å². The van der Waals surface area contributed by atoms with Crippen LogP contribution in [0.4, 0.5) is 18.9 Å². The maximum Gasteiger partial charge on any atom is 0.411 e. The van der Waals surface area contributed by atoms with Crippen molar-refractivity contribution in [2.45, 2.75) is 56.9 Å². The number of piperidine rings is 1. The third-order valence-electron chi connectivity index (χ3n) is 7.39. The molecule has 2 aliphatic rings. The minimum Gasteiger partial charge on any atom is -0.494 e. The van der Waals surface area contributed by atoms with E-state index in [-0.39, 0.29) is 18.6 Å². The molecule has 2 heterocycles. The molecule has 1 fully saturated rings. The molecular formula is C30H41F3N2O4. The van der Waals surface area contributed by atoms with Gasteiger partial charge in [-0.2, -0.15) is 13.2 Å². The normalized spacial score (nSPS) is 21.3. The summed E-state index contributed by atoms with van der Waals surface area (Å²) in [6.07, 6.45) is 0.527. The van der Waals surface area contributed by atoms with Gasteiger partial charge in [-0.05, 0) is 73.0 Å². The standard InChI is InChI=1S/C30H41F3N2O4/c1-36-13-2-4-22-16-25-6-5-23(17-28(25)35-18-22)20-39-29-19-34-12-11-27(29)24-7-9-26(10-8-24)38-15-3-14-37-21-30(31,32)33/h5-10,17,22,27,29,34-35H,2-4,11-16,18-21H2,1H3/t22-,27-,29?/m1/s1. The van der Waals surface area contributed by atoms with Gasteiger partial charge in [0.1, 0.15) is 12.4 Å². The van der Waals surface area contributed by atoms with Crippen LogP contribution in [0.3, 0.4) is 0 Å². The van der Waals surface area contributed by atoms with Gasteiger partial charge in [-0.15, -0.1) is 0 Å². The Kier molecular flexibility index (Phi) is 11.3. The van der Waals surface area contributed by atoms with Gasteiger partial charge in [0.05, 0.1) is 25.9 Å². The van der Waals surface area contributed by atoms with Crippen molar-refractivity contribution in [3.05, 3.63) is 59.2 Å². The number of rotatable bonds is 14. The molecule has 0 aliphatic carbocycles. The Morgan fingerprint density at radius 1 is 0.974 bits per heavy atom. The average molecular weight is 551 g/mol. The van der Waals surface area contributed by atoms with Crippen LogP contribution in [0.25, 0.3) is 0 Å². The molecule has 2 N–H and O–H groups in total. The molecule has 4 rings (SSSR count). The molecule has 0 radical (unpaired) electrons. The zero-order chi connectivity index (χ0) is 27.5. The van der Waals surface area contributed by atoms with Gasteiger partial charge in [-0.3, -0.25) is 0 Å². The van der Waals surface area contributed by atoms with Gasteiger partial charge < -0.3 is 29.6 Å². The second-order valence-electron chi connectivity index (χ2n) is 10.5. The van der Waals surface area contributed by atoms with E-state index in [1.54, 1.807) is 7.11 Å². The van der Waals surface area contributed by atoms with Crippen molar-refractivity contribution in [2.75, 3.05) is 58.5 Å². The molecule has 0 aromatic heterocycles. The Morgan fingerprint density at radius 3 is 2.62 bits per heavy atom. The molecule has 0 bridgehead atoms. The molecule has 2 aromatic carbocycles. The summed E-state index contributed by atoms with van der Waals surface area (Å²) in [5, 5.41) is 7.07. The highest BCUT2D eigenvalue weighted by molar-refractivity contribution is 5.55. The zero-order valence-electron chi connectivity index (χ0n) is 22.7. The molecule has 2 aliphatic heterocycles. The van der Waals surface area contributed by atoms with E-state index in [4.69, 9.17) is 14.2 Å². The lowest BCUT2D eigenvalue weighted by Crippen LogP contribution is -2.40. The maximum absolute atomic E-state index is 12.1. The number of fused-ring (bicyclic) bond motifs is 1. The van der Waals surface area contributed by atoms with Crippen molar-refractivity contribution in [2.24, 2.45) is 5.92 Å². The molecule has 1 saturated heterocycles. The predicted molar refractivity (Wildman–Crippen MR) is 145 cm³/mol. The molecular weight excluding hydrogens is 509 g/mol. The third kappa shape index (κ3) is 9.67. The first-order chi connectivity index (χ1) is 18.9. The van der Waals surface area contributed by atoms with Crippen LogP contribution in [-0.2, 0) is 27.2 Å². The molecule has 3 atom stereocenters. The van der Waals surface area contributed by atoms with Gasteiger partial charge >= 0.3 is 6.18 Å². The molecule has 0 saturated carbocycles. The Morgan fingerprint density at radius 2 is 1.82 bits per heavy atom. The first-order valence-electron chi connectivity index (χ1n) is 14.0. The highest BCUT2D eigenvalue weighted by Gasteiger charge is 2.28. The molecule has 216 valence electrons. The van der Waals surface area contributed by atoms with Crippen molar-refractivity contribution in [1.29, 1.82) is 0 Å². The molecule has 0 amide bonds. The lowest BCUT2D eigenvalue weighted by Gasteiger charge is -2.33. The van der Waals surface area contributed by atoms with Crippen molar-refractivity contribution in [3.8, 4) is 5.75 Å². The first-order valence-corrected chi connectivity index (χ1v) is 14.0. The smallest absolute Gasteiger partial charge is 0.411 e. The highest BCUT2D eigenvalue weighted by Crippen LogP contribution is 2.31. The SMILES string of the molecule is COCCC[C@H]1CNc2cc(COC3CNCC[C@@H]3c3ccc(OCCCOCC(F)(F)F)cc3)ccc2C1. The average Bonchev–Trinajstić information content (AvgIpc) is 2.94. The first kappa shape index (κ1) is 29.6. The lowest BCUT2D eigenvalue weighted by atomic mass is 9.87. The van der Waals surface area contributed by atoms with E-state index in [0.29, 0.717) is 31.3 Å². The fourth-order valence-corrected chi connectivity index (χ4v) is 5.35. The summed E-state index contributed by atoms with van der Waals surface area (Å²) in [6.45, 7) is 3.22. The van der Waals surface area contributed by atoms with Crippen LogP contribution >= 0.6 is 0 Å². The molecule has 0 spiro atoms. The van der Waals surface area contributed by atoms with Gasteiger partial charge in [0.15, 0.2) is 0 Å². The van der Waals surface area contributed by atoms with Gasteiger partial charge in [0, 0.05) is 44.8 Å². The molecule has 9 heteroatoms. The van der Waals surface area contributed by atoms with E-state index >= 15 is 0 Å². The summed E-state index contributed by atoms with van der Waals surface area (Å²) in [5.74, 6) is 1.63. The van der Waals surface area contributed by atoms with Crippen molar-refractivity contribution >= 4 is 5.69 Å². The second kappa shape index (κ2) is 14.9. The van der Waals surface area contributed by atoms with Gasteiger partial charge in [-0.1, -0.05) is 24.3 Å². The van der Waals surface area contributed by atoms with Gasteiger partial charge in [0.25, 0.3) is 0 Å². The summed E-state index contributed by atoms with van der Waals surface area (Å²) < 4.78 is 58.3. The Hall–Kier alpha value is -2.33. The monoisotopic (exact) mass is 550 g/mol. The summed E-state index contributed by atoms with van der Waals surface area (Å²) in [4.78, 5) is 0. The predicted octanol–water partition coefficient (Wildman–Crippen LogP) is 5.71. The summed E-state index contributed by atoms with van der Waals surface area (Å²) in [5.41, 5.74) is 4.97. The highest BCUT2D eigenvalue weighted by atomic mass is 19.4. The number of ether oxygens (including phenoxy) is 4. The van der Waals surface area contributed by atoms with Crippen molar-refractivity contribution in [1.82, 2.24) is 5.32 Å². The number of methoxy groups -OCH3 is 1. The summed E-state index contributed by atoms with van der Waals surface area (Å²) in [6, 6.07) is 14.6. The van der Waals surface area contributed by atoms with E-state index in [1.165, 1.54) is 28.8 Å². The minimum absolute atomic E-state index is 0.0152. The summed E-state index contributed by atoms with van der Waals surface area (Å²) in [7, 11) is 1.76. The number of nitrogens with one attached hydrogen (secondary N) is 2. The number of benzene rings is 2. The van der Waals surface area contributed by atoms with Crippen molar-refractivity contribution in [3.63, 3.8) is 0 Å². The number of hydrogen-bond acceptors (Lipinski definition) is 6. The van der Waals surface area contributed by atoms with E-state index in [2.05, 4.69) is 45.7 Å². The zero-order valence-corrected chi connectivity index (χ0v) is 22.7. The van der Waals surface area contributed by atoms with E-state index < -0.39 is 12.8 Å². The number of halogens is 3. The van der Waals surface area contributed by atoms with Crippen molar-refractivity contribution < 1.29 is 32.1 Å². The van der Waals surface area contributed by atoms with Crippen LogP contribution in [-0.4, -0.2) is 65.5 Å². The van der Waals surface area contributed by atoms with E-state index in [0.717, 1.165) is 45.5 Å². The van der Waals surface area contributed by atoms with Gasteiger partial charge in [-0.25, -0.2) is 0 Å². The van der Waals surface area contributed by atoms with Gasteiger partial charge in [0.2, 0.25) is 0 Å². The molecule has 39 heavy (non-hydrogen) atoms. The minimum atomic E-state index is -4.29. The van der Waals surface area contributed by atoms with Crippen LogP contribution in [0.1, 0.15) is 48.3 Å². The Labute approximate surface area is 229 Å². The number of hydrogen-bond donors (Lipinski definition) is 2. The van der Waals surface area contributed by atoms with E-state index in [1.807, 2.05) is 12.1 Å². The van der Waals surface area contributed by atoms with Crippen LogP contribution < -0.4 is 15.4 Å². The number of alkyl halides is 3. The topological polar surface area (TPSA) is 61.0 Å². The maximum atomic E-state index is 12.1. The van der Waals surface area contributed by atoms with Crippen LogP contribution in [0.2, 0.25) is 0 Å². The summed E-state index contributed by atoms with van der Waals surface area (Å²) >= 11 is 0. The fraction of sp³-hybridized carbons (Fsp3) is 0.600. The van der Waals surface area contributed by atoms with Crippen LogP contribution in [0.15, 0.2) is 42.5 Å². The molecule has 1 unspecified atom stereocenters. The Balaban J connectivity index is 1.24. The fourth-order valence-electron chi connectivity index (χ4n) is 5.35. The van der Waals surface area contributed by atoms with Crippen LogP contribution in [0, 0.1) is 5.92 Å². The lowest BCUT2D eigenvalue weighted by molar-refractivity contribution is -0.174. The largest absolute Gasteiger partial charge is 0.494 e. The number of anilines is 1. The quantitative estimate of drug-likeness (QED) is 0.294. The third-order valence-corrected chi connectivity index (χ3v) is 7.39.